The molecule has 1 aliphatic heterocycles. The van der Waals surface area contributed by atoms with Crippen molar-refractivity contribution in [2.45, 2.75) is 38.4 Å². The highest BCUT2D eigenvalue weighted by Crippen LogP contribution is 2.32. The maximum Gasteiger partial charge on any atom is 0.159 e. The molecule has 0 aromatic rings. The summed E-state index contributed by atoms with van der Waals surface area (Å²) in [6.45, 7) is 5.89. The Kier molecular flexibility index (Phi) is 3.24. The van der Waals surface area contributed by atoms with Crippen LogP contribution < -0.4 is 0 Å². The molecule has 1 heterocycles. The van der Waals surface area contributed by atoms with E-state index in [-0.39, 0.29) is 6.61 Å². The van der Waals surface area contributed by atoms with Crippen LogP contribution >= 0.6 is 0 Å². The van der Waals surface area contributed by atoms with Crippen LogP contribution in [0.1, 0.15) is 33.6 Å². The van der Waals surface area contributed by atoms with Gasteiger partial charge in [-0.05, 0) is 39.2 Å². The van der Waals surface area contributed by atoms with Gasteiger partial charge in [0.25, 0.3) is 0 Å². The van der Waals surface area contributed by atoms with Gasteiger partial charge in [-0.2, -0.15) is 0 Å². The zero-order chi connectivity index (χ0) is 10.8. The minimum absolute atomic E-state index is 0.278. The van der Waals surface area contributed by atoms with E-state index in [0.717, 1.165) is 12.0 Å². The van der Waals surface area contributed by atoms with Crippen molar-refractivity contribution >= 4 is 9.84 Å². The molecule has 1 unspecified atom stereocenters. The van der Waals surface area contributed by atoms with Crippen LogP contribution in [0.4, 0.5) is 0 Å². The first-order valence-corrected chi connectivity index (χ1v) is 6.50. The molecule has 0 aromatic heterocycles. The molecule has 14 heavy (non-hydrogen) atoms. The Labute approximate surface area is 86.1 Å². The second-order valence-corrected chi connectivity index (χ2v) is 7.00. The van der Waals surface area contributed by atoms with Gasteiger partial charge in [0.15, 0.2) is 9.84 Å². The minimum atomic E-state index is -2.94. The highest BCUT2D eigenvalue weighted by Gasteiger charge is 2.44. The van der Waals surface area contributed by atoms with Crippen molar-refractivity contribution in [3.63, 3.8) is 0 Å². The summed E-state index contributed by atoms with van der Waals surface area (Å²) in [7, 11) is -2.94. The van der Waals surface area contributed by atoms with Crippen molar-refractivity contribution in [3.8, 4) is 0 Å². The van der Waals surface area contributed by atoms with E-state index in [0.29, 0.717) is 12.2 Å². The van der Waals surface area contributed by atoms with Crippen LogP contribution in [0.25, 0.3) is 0 Å². The topological polar surface area (TPSA) is 43.4 Å². The third-order valence-electron chi connectivity index (χ3n) is 2.58. The van der Waals surface area contributed by atoms with E-state index in [9.17, 15) is 8.42 Å². The largest absolute Gasteiger partial charge is 0.500 e. The highest BCUT2D eigenvalue weighted by atomic mass is 32.2. The highest BCUT2D eigenvalue weighted by molar-refractivity contribution is 7.93. The van der Waals surface area contributed by atoms with Gasteiger partial charge in [-0.15, -0.1) is 0 Å². The summed E-state index contributed by atoms with van der Waals surface area (Å²) in [4.78, 5) is 0. The predicted octanol–water partition coefficient (Wildman–Crippen LogP) is 1.89. The van der Waals surface area contributed by atoms with Crippen LogP contribution in [0.15, 0.2) is 11.8 Å². The van der Waals surface area contributed by atoms with Crippen LogP contribution in [-0.4, -0.2) is 25.5 Å². The van der Waals surface area contributed by atoms with Gasteiger partial charge < -0.3 is 4.74 Å². The normalized spacial score (nSPS) is 29.9. The predicted molar refractivity (Wildman–Crippen MR) is 56.8 cm³/mol. The molecule has 0 saturated carbocycles. The van der Waals surface area contributed by atoms with E-state index < -0.39 is 14.6 Å². The van der Waals surface area contributed by atoms with Crippen LogP contribution in [0.2, 0.25) is 0 Å². The Bertz CT molecular complexity index is 325. The van der Waals surface area contributed by atoms with E-state index in [1.54, 1.807) is 13.2 Å². The van der Waals surface area contributed by atoms with Gasteiger partial charge in [0.05, 0.1) is 12.0 Å². The molecule has 1 atom stereocenters. The summed E-state index contributed by atoms with van der Waals surface area (Å²) < 4.78 is 27.9. The summed E-state index contributed by atoms with van der Waals surface area (Å²) >= 11 is 0. The average molecular weight is 218 g/mol. The lowest BCUT2D eigenvalue weighted by atomic mass is 10.1. The minimum Gasteiger partial charge on any atom is -0.500 e. The molecule has 82 valence electrons. The molecule has 1 rings (SSSR count). The first kappa shape index (κ1) is 11.6. The van der Waals surface area contributed by atoms with E-state index in [2.05, 4.69) is 0 Å². The van der Waals surface area contributed by atoms with Crippen LogP contribution in [0.3, 0.4) is 0 Å². The smallest absolute Gasteiger partial charge is 0.159 e. The molecule has 1 aliphatic rings. The van der Waals surface area contributed by atoms with E-state index >= 15 is 0 Å². The third kappa shape index (κ3) is 2.29. The summed E-state index contributed by atoms with van der Waals surface area (Å²) in [6, 6.07) is 0. The Hall–Kier alpha value is -0.510. The number of hydrogen-bond donors (Lipinski definition) is 0. The molecular formula is C10H18O3S. The van der Waals surface area contributed by atoms with E-state index in [1.165, 1.54) is 0 Å². The first-order chi connectivity index (χ1) is 6.37. The summed E-state index contributed by atoms with van der Waals surface area (Å²) in [5, 5.41) is 0. The van der Waals surface area contributed by atoms with Gasteiger partial charge in [-0.25, -0.2) is 8.42 Å². The van der Waals surface area contributed by atoms with E-state index in [4.69, 9.17) is 4.74 Å². The summed E-state index contributed by atoms with van der Waals surface area (Å²) in [5.41, 5.74) is 1.05. The standard InChI is InChI=1S/C10H18O3S/c1-9(2)7-13-8-10(3)5-4-6-14(10,11)12/h7H,4-6,8H2,1-3H3. The second-order valence-electron chi connectivity index (χ2n) is 4.38. The molecule has 0 spiro atoms. The Morgan fingerprint density at radius 1 is 1.50 bits per heavy atom. The SMILES string of the molecule is CC(C)=COCC1(C)CCCS1(=O)=O. The quantitative estimate of drug-likeness (QED) is 0.679. The van der Waals surface area contributed by atoms with Crippen LogP contribution in [-0.2, 0) is 14.6 Å². The molecule has 0 aromatic carbocycles. The van der Waals surface area contributed by atoms with Crippen molar-refractivity contribution in [1.82, 2.24) is 0 Å². The zero-order valence-electron chi connectivity index (χ0n) is 9.04. The zero-order valence-corrected chi connectivity index (χ0v) is 9.86. The van der Waals surface area contributed by atoms with Gasteiger partial charge in [-0.3, -0.25) is 0 Å². The molecule has 0 aliphatic carbocycles. The molecule has 0 N–H and O–H groups in total. The molecule has 1 saturated heterocycles. The maximum atomic E-state index is 11.7. The van der Waals surface area contributed by atoms with Gasteiger partial charge >= 0.3 is 0 Å². The fourth-order valence-corrected chi connectivity index (χ4v) is 3.30. The monoisotopic (exact) mass is 218 g/mol. The molecule has 4 heteroatoms. The fraction of sp³-hybridized carbons (Fsp3) is 0.800. The molecular weight excluding hydrogens is 200 g/mol. The Balaban J connectivity index is 2.63. The first-order valence-electron chi connectivity index (χ1n) is 4.85. The number of ether oxygens (including phenoxy) is 1. The van der Waals surface area contributed by atoms with Crippen LogP contribution in [0.5, 0.6) is 0 Å². The fourth-order valence-electron chi connectivity index (χ4n) is 1.58. The molecule has 1 fully saturated rings. The lowest BCUT2D eigenvalue weighted by Gasteiger charge is -2.21. The number of hydrogen-bond acceptors (Lipinski definition) is 3. The van der Waals surface area contributed by atoms with Crippen LogP contribution in [0, 0.1) is 0 Å². The molecule has 0 bridgehead atoms. The van der Waals surface area contributed by atoms with Gasteiger partial charge in [0, 0.05) is 0 Å². The summed E-state index contributed by atoms with van der Waals surface area (Å²) in [5.74, 6) is 0.307. The van der Waals surface area contributed by atoms with Gasteiger partial charge in [-0.1, -0.05) is 0 Å². The third-order valence-corrected chi connectivity index (χ3v) is 5.23. The molecule has 0 radical (unpaired) electrons. The molecule has 3 nitrogen and oxygen atoms in total. The average Bonchev–Trinajstić information content (AvgIpc) is 2.26. The van der Waals surface area contributed by atoms with Crippen molar-refractivity contribution < 1.29 is 13.2 Å². The van der Waals surface area contributed by atoms with E-state index in [1.807, 2.05) is 13.8 Å². The van der Waals surface area contributed by atoms with Crippen molar-refractivity contribution in [2.75, 3.05) is 12.4 Å². The lowest BCUT2D eigenvalue weighted by Crippen LogP contribution is -2.35. The van der Waals surface area contributed by atoms with Crippen molar-refractivity contribution in [1.29, 1.82) is 0 Å². The van der Waals surface area contributed by atoms with Crippen molar-refractivity contribution in [3.05, 3.63) is 11.8 Å². The maximum absolute atomic E-state index is 11.7. The van der Waals surface area contributed by atoms with Gasteiger partial charge in [0.2, 0.25) is 0 Å². The van der Waals surface area contributed by atoms with Crippen molar-refractivity contribution in [2.24, 2.45) is 0 Å². The Morgan fingerprint density at radius 2 is 2.14 bits per heavy atom. The van der Waals surface area contributed by atoms with Gasteiger partial charge in [0.1, 0.15) is 11.4 Å². The number of sulfone groups is 1. The number of rotatable bonds is 3. The summed E-state index contributed by atoms with van der Waals surface area (Å²) in [6.07, 6.45) is 3.10. The lowest BCUT2D eigenvalue weighted by molar-refractivity contribution is 0.210. The molecule has 0 amide bonds. The Morgan fingerprint density at radius 3 is 2.57 bits per heavy atom. The number of allylic oxidation sites excluding steroid dienone is 1. The second kappa shape index (κ2) is 3.93.